The number of amides is 2. The number of carbonyl (C=O) groups is 2. The third kappa shape index (κ3) is 5.76. The average molecular weight is 406 g/mol. The lowest BCUT2D eigenvalue weighted by Gasteiger charge is -2.19. The third-order valence-electron chi connectivity index (χ3n) is 4.74. The van der Waals surface area contributed by atoms with Crippen molar-refractivity contribution in [2.45, 2.75) is 39.2 Å². The molecule has 7 heteroatoms. The molecule has 0 atom stereocenters. The number of rotatable bonds is 7. The van der Waals surface area contributed by atoms with Crippen molar-refractivity contribution in [3.8, 4) is 0 Å². The van der Waals surface area contributed by atoms with Gasteiger partial charge >= 0.3 is 0 Å². The molecule has 0 saturated heterocycles. The molecular formula is C23H27N5O2. The van der Waals surface area contributed by atoms with Gasteiger partial charge in [0.25, 0.3) is 5.91 Å². The Balaban J connectivity index is 1.50. The van der Waals surface area contributed by atoms with Crippen LogP contribution in [0.25, 0.3) is 0 Å². The Labute approximate surface area is 176 Å². The van der Waals surface area contributed by atoms with Crippen molar-refractivity contribution in [1.29, 1.82) is 0 Å². The van der Waals surface area contributed by atoms with Gasteiger partial charge in [-0.05, 0) is 34.7 Å². The second-order valence-electron chi connectivity index (χ2n) is 8.13. The van der Waals surface area contributed by atoms with E-state index in [9.17, 15) is 9.59 Å². The van der Waals surface area contributed by atoms with E-state index in [0.717, 1.165) is 11.3 Å². The smallest absolute Gasteiger partial charge is 0.251 e. The summed E-state index contributed by atoms with van der Waals surface area (Å²) in [5.41, 5.74) is 3.45. The maximum absolute atomic E-state index is 12.3. The standard InChI is InChI=1S/C23H27N5O2/c1-23(2,3)19-10-8-17(9-11-19)22(30)25-13-12-21(29)27-20-7-5-4-6-18(20)14-28-16-24-15-26-28/h4-11,15-16H,12-14H2,1-3H3,(H,25,30)(H,27,29). The Morgan fingerprint density at radius 3 is 2.43 bits per heavy atom. The number of hydrogen-bond donors (Lipinski definition) is 2. The molecule has 3 aromatic rings. The number of carbonyl (C=O) groups excluding carboxylic acids is 2. The van der Waals surface area contributed by atoms with E-state index in [-0.39, 0.29) is 30.2 Å². The summed E-state index contributed by atoms with van der Waals surface area (Å²) in [4.78, 5) is 28.6. The SMILES string of the molecule is CC(C)(C)c1ccc(C(=O)NCCC(=O)Nc2ccccc2Cn2cncn2)cc1. The number of nitrogens with one attached hydrogen (secondary N) is 2. The molecule has 0 aliphatic rings. The summed E-state index contributed by atoms with van der Waals surface area (Å²) in [6, 6.07) is 15.1. The second-order valence-corrected chi connectivity index (χ2v) is 8.13. The molecule has 1 aromatic heterocycles. The summed E-state index contributed by atoms with van der Waals surface area (Å²) >= 11 is 0. The van der Waals surface area contributed by atoms with Crippen LogP contribution in [0, 0.1) is 0 Å². The molecule has 30 heavy (non-hydrogen) atoms. The molecule has 0 aliphatic carbocycles. The fourth-order valence-electron chi connectivity index (χ4n) is 2.99. The molecule has 0 bridgehead atoms. The maximum atomic E-state index is 12.3. The van der Waals surface area contributed by atoms with Crippen LogP contribution in [0.4, 0.5) is 5.69 Å². The molecule has 0 saturated carbocycles. The van der Waals surface area contributed by atoms with Crippen LogP contribution in [0.15, 0.2) is 61.2 Å². The summed E-state index contributed by atoms with van der Waals surface area (Å²) in [6.45, 7) is 7.16. The first-order valence-electron chi connectivity index (χ1n) is 9.92. The molecule has 0 spiro atoms. The molecule has 0 aliphatic heterocycles. The number of para-hydroxylation sites is 1. The van der Waals surface area contributed by atoms with Crippen molar-refractivity contribution in [3.63, 3.8) is 0 Å². The van der Waals surface area contributed by atoms with Crippen LogP contribution in [-0.4, -0.2) is 33.1 Å². The van der Waals surface area contributed by atoms with Crippen LogP contribution in [0.3, 0.4) is 0 Å². The maximum Gasteiger partial charge on any atom is 0.251 e. The van der Waals surface area contributed by atoms with Gasteiger partial charge in [0.05, 0.1) is 6.54 Å². The fourth-order valence-corrected chi connectivity index (χ4v) is 2.99. The van der Waals surface area contributed by atoms with E-state index in [4.69, 9.17) is 0 Å². The van der Waals surface area contributed by atoms with Crippen LogP contribution in [0.2, 0.25) is 0 Å². The van der Waals surface area contributed by atoms with Gasteiger partial charge in [-0.1, -0.05) is 51.1 Å². The molecule has 3 rings (SSSR count). The van der Waals surface area contributed by atoms with Crippen LogP contribution in [0.1, 0.15) is 48.7 Å². The van der Waals surface area contributed by atoms with Gasteiger partial charge in [-0.15, -0.1) is 0 Å². The minimum Gasteiger partial charge on any atom is -0.352 e. The summed E-state index contributed by atoms with van der Waals surface area (Å²) in [5, 5.41) is 9.81. The van der Waals surface area contributed by atoms with Gasteiger partial charge in [0.2, 0.25) is 5.91 Å². The van der Waals surface area contributed by atoms with Crippen molar-refractivity contribution < 1.29 is 9.59 Å². The van der Waals surface area contributed by atoms with Crippen LogP contribution in [0.5, 0.6) is 0 Å². The summed E-state index contributed by atoms with van der Waals surface area (Å²) in [6.07, 6.45) is 3.28. The summed E-state index contributed by atoms with van der Waals surface area (Å²) < 4.78 is 1.69. The highest BCUT2D eigenvalue weighted by Gasteiger charge is 2.14. The van der Waals surface area contributed by atoms with Gasteiger partial charge in [-0.2, -0.15) is 5.10 Å². The summed E-state index contributed by atoms with van der Waals surface area (Å²) in [5.74, 6) is -0.348. The first kappa shape index (κ1) is 21.2. The Kier molecular flexibility index (Phi) is 6.61. The van der Waals surface area contributed by atoms with Gasteiger partial charge in [0, 0.05) is 24.2 Å². The van der Waals surface area contributed by atoms with E-state index in [1.807, 2.05) is 48.5 Å². The van der Waals surface area contributed by atoms with Crippen LogP contribution < -0.4 is 10.6 Å². The average Bonchev–Trinajstić information content (AvgIpc) is 3.22. The number of hydrogen-bond acceptors (Lipinski definition) is 4. The molecule has 0 fully saturated rings. The number of aromatic nitrogens is 3. The fraction of sp³-hybridized carbons (Fsp3) is 0.304. The number of anilines is 1. The zero-order valence-electron chi connectivity index (χ0n) is 17.6. The van der Waals surface area contributed by atoms with Crippen LogP contribution in [-0.2, 0) is 16.8 Å². The van der Waals surface area contributed by atoms with E-state index in [2.05, 4.69) is 41.5 Å². The van der Waals surface area contributed by atoms with Gasteiger partial charge in [0.1, 0.15) is 12.7 Å². The van der Waals surface area contributed by atoms with Gasteiger partial charge in [-0.3, -0.25) is 9.59 Å². The zero-order chi connectivity index (χ0) is 21.6. The molecule has 2 N–H and O–H groups in total. The van der Waals surface area contributed by atoms with E-state index >= 15 is 0 Å². The summed E-state index contributed by atoms with van der Waals surface area (Å²) in [7, 11) is 0. The van der Waals surface area contributed by atoms with E-state index < -0.39 is 0 Å². The molecular weight excluding hydrogens is 378 g/mol. The number of nitrogens with zero attached hydrogens (tertiary/aromatic N) is 3. The van der Waals surface area contributed by atoms with Gasteiger partial charge in [-0.25, -0.2) is 9.67 Å². The Morgan fingerprint density at radius 2 is 1.77 bits per heavy atom. The Hall–Kier alpha value is -3.48. The van der Waals surface area contributed by atoms with E-state index in [1.54, 1.807) is 11.0 Å². The van der Waals surface area contributed by atoms with E-state index in [1.165, 1.54) is 11.9 Å². The molecule has 0 unspecified atom stereocenters. The Bertz CT molecular complexity index is 989. The van der Waals surface area contributed by atoms with Crippen molar-refractivity contribution in [2.24, 2.45) is 0 Å². The van der Waals surface area contributed by atoms with Crippen molar-refractivity contribution in [2.75, 3.05) is 11.9 Å². The quantitative estimate of drug-likeness (QED) is 0.631. The zero-order valence-corrected chi connectivity index (χ0v) is 17.6. The molecule has 1 heterocycles. The normalized spacial score (nSPS) is 11.2. The molecule has 2 amide bonds. The largest absolute Gasteiger partial charge is 0.352 e. The van der Waals surface area contributed by atoms with Crippen molar-refractivity contribution >= 4 is 17.5 Å². The molecule has 2 aromatic carbocycles. The van der Waals surface area contributed by atoms with Gasteiger partial charge in [0.15, 0.2) is 0 Å². The molecule has 0 radical (unpaired) electrons. The highest BCUT2D eigenvalue weighted by molar-refractivity contribution is 5.95. The van der Waals surface area contributed by atoms with Crippen molar-refractivity contribution in [1.82, 2.24) is 20.1 Å². The Morgan fingerprint density at radius 1 is 1.03 bits per heavy atom. The predicted octanol–water partition coefficient (Wildman–Crippen LogP) is 3.38. The molecule has 156 valence electrons. The lowest BCUT2D eigenvalue weighted by Crippen LogP contribution is -2.28. The highest BCUT2D eigenvalue weighted by Crippen LogP contribution is 2.22. The lowest BCUT2D eigenvalue weighted by molar-refractivity contribution is -0.116. The van der Waals surface area contributed by atoms with E-state index in [0.29, 0.717) is 12.1 Å². The second kappa shape index (κ2) is 9.35. The lowest BCUT2D eigenvalue weighted by atomic mass is 9.87. The first-order chi connectivity index (χ1) is 14.3. The minimum atomic E-state index is -0.185. The number of benzene rings is 2. The topological polar surface area (TPSA) is 88.9 Å². The monoisotopic (exact) mass is 405 g/mol. The van der Waals surface area contributed by atoms with Crippen molar-refractivity contribution in [3.05, 3.63) is 77.9 Å². The predicted molar refractivity (Wildman–Crippen MR) is 116 cm³/mol. The molecule has 7 nitrogen and oxygen atoms in total. The minimum absolute atomic E-state index is 0.0390. The van der Waals surface area contributed by atoms with Crippen LogP contribution >= 0.6 is 0 Å². The highest BCUT2D eigenvalue weighted by atomic mass is 16.2. The van der Waals surface area contributed by atoms with Gasteiger partial charge < -0.3 is 10.6 Å². The third-order valence-corrected chi connectivity index (χ3v) is 4.74. The first-order valence-corrected chi connectivity index (χ1v) is 9.92.